The van der Waals surface area contributed by atoms with Crippen molar-refractivity contribution in [1.29, 1.82) is 0 Å². The van der Waals surface area contributed by atoms with Gasteiger partial charge in [0, 0.05) is 58.9 Å². The van der Waals surface area contributed by atoms with Gasteiger partial charge >= 0.3 is 23.9 Å². The van der Waals surface area contributed by atoms with Crippen molar-refractivity contribution in [2.45, 2.75) is 13.8 Å². The molecule has 39 heavy (non-hydrogen) atoms. The van der Waals surface area contributed by atoms with Gasteiger partial charge in [-0.05, 0) is 5.92 Å². The Morgan fingerprint density at radius 2 is 0.949 bits per heavy atom. The molecule has 0 aromatic rings. The number of nitrogens with zero attached hydrogens (tertiary/aromatic N) is 5. The molecule has 1 fully saturated rings. The summed E-state index contributed by atoms with van der Waals surface area (Å²) in [5.74, 6) is -2.49. The number of aliphatic carboxylic acids is 1. The van der Waals surface area contributed by atoms with Crippen LogP contribution in [0.1, 0.15) is 13.8 Å². The standard InChI is InChI=1S/C25H45N5O9/c1-20(2)14-30(16-22(32)33)21(31)15-26-6-8-27(17-23(34)37-3)10-12-29(19-25(36)39-5)13-11-28(9-7-26)18-24(35)38-4/h20H,6-19H2,1-5H3,(H,32,33). The first-order chi connectivity index (χ1) is 18.5. The minimum absolute atomic E-state index is 0.00735. The fraction of sp³-hybridized carbons (Fsp3) is 0.800. The third kappa shape index (κ3) is 14.8. The maximum atomic E-state index is 13.1. The molecule has 1 amide bonds. The number of carboxylic acids is 1. The van der Waals surface area contributed by atoms with E-state index in [-0.39, 0.29) is 44.5 Å². The predicted molar refractivity (Wildman–Crippen MR) is 141 cm³/mol. The zero-order valence-electron chi connectivity index (χ0n) is 23.9. The largest absolute Gasteiger partial charge is 0.480 e. The lowest BCUT2D eigenvalue weighted by Gasteiger charge is -2.34. The molecule has 0 aliphatic carbocycles. The van der Waals surface area contributed by atoms with E-state index in [4.69, 9.17) is 14.2 Å². The summed E-state index contributed by atoms with van der Waals surface area (Å²) in [5.41, 5.74) is 0. The third-order valence-electron chi connectivity index (χ3n) is 6.29. The Morgan fingerprint density at radius 1 is 0.641 bits per heavy atom. The van der Waals surface area contributed by atoms with E-state index < -0.39 is 23.9 Å². The van der Waals surface area contributed by atoms with Crippen LogP contribution in [0.3, 0.4) is 0 Å². The zero-order valence-corrected chi connectivity index (χ0v) is 23.9. The monoisotopic (exact) mass is 559 g/mol. The van der Waals surface area contributed by atoms with Crippen molar-refractivity contribution in [3.05, 3.63) is 0 Å². The number of carboxylic acid groups (broad SMARTS) is 1. The molecule has 1 heterocycles. The van der Waals surface area contributed by atoms with E-state index in [0.29, 0.717) is 58.9 Å². The first-order valence-electron chi connectivity index (χ1n) is 13.1. The van der Waals surface area contributed by atoms with Crippen molar-refractivity contribution in [3.63, 3.8) is 0 Å². The zero-order chi connectivity index (χ0) is 29.4. The highest BCUT2D eigenvalue weighted by atomic mass is 16.5. The average molecular weight is 560 g/mol. The van der Waals surface area contributed by atoms with Crippen molar-refractivity contribution in [3.8, 4) is 0 Å². The molecule has 14 heteroatoms. The second-order valence-electron chi connectivity index (χ2n) is 9.89. The van der Waals surface area contributed by atoms with Crippen LogP contribution in [0.25, 0.3) is 0 Å². The van der Waals surface area contributed by atoms with E-state index >= 15 is 0 Å². The normalized spacial score (nSPS) is 17.1. The second-order valence-corrected chi connectivity index (χ2v) is 9.89. The van der Waals surface area contributed by atoms with E-state index in [9.17, 15) is 29.1 Å². The lowest BCUT2D eigenvalue weighted by Crippen LogP contribution is -2.51. The summed E-state index contributed by atoms with van der Waals surface area (Å²) in [6.45, 7) is 7.37. The van der Waals surface area contributed by atoms with Crippen LogP contribution >= 0.6 is 0 Å². The van der Waals surface area contributed by atoms with Gasteiger partial charge in [-0.15, -0.1) is 0 Å². The topological polar surface area (TPSA) is 149 Å². The average Bonchev–Trinajstić information content (AvgIpc) is 2.88. The molecule has 0 atom stereocenters. The van der Waals surface area contributed by atoms with E-state index in [1.807, 2.05) is 33.4 Å². The predicted octanol–water partition coefficient (Wildman–Crippen LogP) is -1.70. The molecule has 0 saturated carbocycles. The van der Waals surface area contributed by atoms with Gasteiger partial charge in [-0.3, -0.25) is 43.6 Å². The van der Waals surface area contributed by atoms with Gasteiger partial charge in [-0.1, -0.05) is 13.8 Å². The number of rotatable bonds is 12. The summed E-state index contributed by atoms with van der Waals surface area (Å²) in [5, 5.41) is 9.29. The molecule has 0 bridgehead atoms. The molecule has 0 aromatic heterocycles. The van der Waals surface area contributed by atoms with Gasteiger partial charge in [0.15, 0.2) is 0 Å². The first kappa shape index (κ1) is 34.2. The Hall–Kier alpha value is -2.81. The summed E-state index contributed by atoms with van der Waals surface area (Å²) < 4.78 is 14.5. The van der Waals surface area contributed by atoms with Gasteiger partial charge in [0.1, 0.15) is 6.54 Å². The summed E-state index contributed by atoms with van der Waals surface area (Å²) in [4.78, 5) is 69.5. The Kier molecular flexibility index (Phi) is 16.2. The molecule has 1 N–H and O–H groups in total. The van der Waals surface area contributed by atoms with Crippen LogP contribution in [-0.4, -0.2) is 172 Å². The minimum Gasteiger partial charge on any atom is -0.480 e. The number of amides is 1. The molecular formula is C25H45N5O9. The maximum absolute atomic E-state index is 13.1. The van der Waals surface area contributed by atoms with Crippen LogP contribution in [-0.2, 0) is 38.2 Å². The number of esters is 3. The molecule has 14 nitrogen and oxygen atoms in total. The van der Waals surface area contributed by atoms with Gasteiger partial charge < -0.3 is 24.2 Å². The molecule has 1 rings (SSSR count). The van der Waals surface area contributed by atoms with E-state index in [1.165, 1.54) is 26.2 Å². The number of ether oxygens (including phenoxy) is 3. The van der Waals surface area contributed by atoms with Gasteiger partial charge in [0.05, 0.1) is 47.5 Å². The number of methoxy groups -OCH3 is 3. The van der Waals surface area contributed by atoms with Crippen molar-refractivity contribution in [2.75, 3.05) is 113 Å². The Morgan fingerprint density at radius 3 is 1.21 bits per heavy atom. The maximum Gasteiger partial charge on any atom is 0.323 e. The Balaban J connectivity index is 3.14. The van der Waals surface area contributed by atoms with Crippen LogP contribution in [0.5, 0.6) is 0 Å². The molecule has 0 spiro atoms. The van der Waals surface area contributed by atoms with E-state index in [1.54, 1.807) is 0 Å². The summed E-state index contributed by atoms with van der Waals surface area (Å²) in [7, 11) is 3.95. The Bertz CT molecular complexity index is 777. The number of hydrogen-bond acceptors (Lipinski definition) is 12. The molecule has 224 valence electrons. The van der Waals surface area contributed by atoms with E-state index in [0.717, 1.165) is 0 Å². The van der Waals surface area contributed by atoms with Crippen LogP contribution in [0.15, 0.2) is 0 Å². The van der Waals surface area contributed by atoms with Gasteiger partial charge in [-0.25, -0.2) is 0 Å². The highest BCUT2D eigenvalue weighted by Gasteiger charge is 2.24. The first-order valence-corrected chi connectivity index (χ1v) is 13.1. The van der Waals surface area contributed by atoms with Crippen LogP contribution in [0, 0.1) is 5.92 Å². The fourth-order valence-corrected chi connectivity index (χ4v) is 4.10. The van der Waals surface area contributed by atoms with Crippen LogP contribution in [0.2, 0.25) is 0 Å². The third-order valence-corrected chi connectivity index (χ3v) is 6.29. The molecular weight excluding hydrogens is 514 g/mol. The number of carbonyl (C=O) groups excluding carboxylic acids is 4. The lowest BCUT2D eigenvalue weighted by atomic mass is 10.2. The van der Waals surface area contributed by atoms with Gasteiger partial charge in [-0.2, -0.15) is 0 Å². The fourth-order valence-electron chi connectivity index (χ4n) is 4.10. The number of hydrogen-bond donors (Lipinski definition) is 1. The summed E-state index contributed by atoms with van der Waals surface area (Å²) in [6, 6.07) is 0. The van der Waals surface area contributed by atoms with Crippen molar-refractivity contribution in [1.82, 2.24) is 24.5 Å². The summed E-state index contributed by atoms with van der Waals surface area (Å²) in [6.07, 6.45) is 0. The number of carbonyl (C=O) groups is 5. The molecule has 1 aliphatic rings. The van der Waals surface area contributed by atoms with E-state index in [2.05, 4.69) is 0 Å². The minimum atomic E-state index is -1.08. The second kappa shape index (κ2) is 18.5. The molecule has 1 aliphatic heterocycles. The SMILES string of the molecule is COC(=O)CN1CCN(CC(=O)OC)CCN(CC(=O)N(CC(=O)O)CC(C)C)CCN(CC(=O)OC)CC1. The molecule has 1 saturated heterocycles. The van der Waals surface area contributed by atoms with Crippen LogP contribution < -0.4 is 0 Å². The lowest BCUT2D eigenvalue weighted by molar-refractivity contribution is -0.145. The van der Waals surface area contributed by atoms with Crippen LogP contribution in [0.4, 0.5) is 0 Å². The van der Waals surface area contributed by atoms with Crippen molar-refractivity contribution < 1.29 is 43.3 Å². The molecule has 0 unspecified atom stereocenters. The quantitative estimate of drug-likeness (QED) is 0.214. The molecule has 0 aromatic carbocycles. The highest BCUT2D eigenvalue weighted by Crippen LogP contribution is 2.05. The highest BCUT2D eigenvalue weighted by molar-refractivity contribution is 5.82. The summed E-state index contributed by atoms with van der Waals surface area (Å²) >= 11 is 0. The van der Waals surface area contributed by atoms with Crippen molar-refractivity contribution in [2.24, 2.45) is 5.92 Å². The smallest absolute Gasteiger partial charge is 0.323 e. The van der Waals surface area contributed by atoms with Gasteiger partial charge in [0.25, 0.3) is 0 Å². The van der Waals surface area contributed by atoms with Gasteiger partial charge in [0.2, 0.25) is 5.91 Å². The molecule has 0 radical (unpaired) electrons. The van der Waals surface area contributed by atoms with Crippen molar-refractivity contribution >= 4 is 29.8 Å². The Labute approximate surface area is 230 Å².